The fourth-order valence-corrected chi connectivity index (χ4v) is 3.42. The maximum absolute atomic E-state index is 12.5. The van der Waals surface area contributed by atoms with Crippen LogP contribution in [0.5, 0.6) is 0 Å². The second-order valence-corrected chi connectivity index (χ2v) is 8.30. The third kappa shape index (κ3) is 5.31. The van der Waals surface area contributed by atoms with Gasteiger partial charge in [-0.2, -0.15) is 0 Å². The molecule has 1 aromatic carbocycles. The van der Waals surface area contributed by atoms with Gasteiger partial charge >= 0.3 is 5.97 Å². The first-order valence-electron chi connectivity index (χ1n) is 7.07. The van der Waals surface area contributed by atoms with Crippen molar-refractivity contribution in [1.82, 2.24) is 4.72 Å². The fourth-order valence-electron chi connectivity index (χ4n) is 1.80. The average Bonchev–Trinajstić information content (AvgIpc) is 2.33. The van der Waals surface area contributed by atoms with E-state index in [0.29, 0.717) is 18.2 Å². The van der Waals surface area contributed by atoms with Crippen LogP contribution >= 0.6 is 0 Å². The van der Waals surface area contributed by atoms with Gasteiger partial charge in [0.1, 0.15) is 4.90 Å². The molecule has 1 aromatic rings. The zero-order valence-electron chi connectivity index (χ0n) is 13.6. The first kappa shape index (κ1) is 18.4. The number of carboxylic acid groups (broad SMARTS) is 1. The Hall–Kier alpha value is -1.60. The van der Waals surface area contributed by atoms with Gasteiger partial charge in [-0.3, -0.25) is 0 Å². The molecule has 22 heavy (non-hydrogen) atoms. The summed E-state index contributed by atoms with van der Waals surface area (Å²) in [6, 6.07) is 4.06. The molecular weight excluding hydrogens is 304 g/mol. The van der Waals surface area contributed by atoms with Crippen molar-refractivity contribution in [2.45, 2.75) is 45.1 Å². The van der Waals surface area contributed by atoms with Crippen LogP contribution in [-0.4, -0.2) is 31.6 Å². The Morgan fingerprint density at radius 3 is 2.32 bits per heavy atom. The molecule has 0 radical (unpaired) electrons. The van der Waals surface area contributed by atoms with Gasteiger partial charge in [-0.1, -0.05) is 13.8 Å². The molecule has 0 aliphatic carbocycles. The van der Waals surface area contributed by atoms with E-state index in [4.69, 9.17) is 5.11 Å². The molecule has 3 N–H and O–H groups in total. The molecule has 0 saturated heterocycles. The monoisotopic (exact) mass is 328 g/mol. The molecule has 124 valence electrons. The number of hydrogen-bond acceptors (Lipinski definition) is 4. The summed E-state index contributed by atoms with van der Waals surface area (Å²) in [5.41, 5.74) is -0.326. The summed E-state index contributed by atoms with van der Waals surface area (Å²) in [7, 11) is -3.83. The molecule has 0 aromatic heterocycles. The van der Waals surface area contributed by atoms with Gasteiger partial charge in [-0.15, -0.1) is 0 Å². The largest absolute Gasteiger partial charge is 0.478 e. The molecule has 0 aliphatic rings. The van der Waals surface area contributed by atoms with E-state index in [1.807, 2.05) is 13.8 Å². The topological polar surface area (TPSA) is 95.5 Å². The van der Waals surface area contributed by atoms with Crippen LogP contribution in [-0.2, 0) is 10.0 Å². The predicted octanol–water partition coefficient (Wildman–Crippen LogP) is 2.53. The van der Waals surface area contributed by atoms with Crippen molar-refractivity contribution in [3.63, 3.8) is 0 Å². The molecule has 0 aliphatic heterocycles. The highest BCUT2D eigenvalue weighted by Gasteiger charge is 2.25. The lowest BCUT2D eigenvalue weighted by Crippen LogP contribution is -2.40. The Kier molecular flexibility index (Phi) is 5.59. The van der Waals surface area contributed by atoms with E-state index in [1.165, 1.54) is 18.2 Å². The minimum absolute atomic E-state index is 0.0528. The van der Waals surface area contributed by atoms with E-state index in [1.54, 1.807) is 20.8 Å². The zero-order chi connectivity index (χ0) is 17.1. The average molecular weight is 328 g/mol. The van der Waals surface area contributed by atoms with E-state index in [-0.39, 0.29) is 10.5 Å². The summed E-state index contributed by atoms with van der Waals surface area (Å²) in [5, 5.41) is 12.1. The number of carbonyl (C=O) groups is 1. The van der Waals surface area contributed by atoms with Crippen molar-refractivity contribution in [3.05, 3.63) is 23.8 Å². The third-order valence-corrected chi connectivity index (χ3v) is 4.46. The quantitative estimate of drug-likeness (QED) is 0.746. The fraction of sp³-hybridized carbons (Fsp3) is 0.533. The number of benzene rings is 1. The smallest absolute Gasteiger partial charge is 0.335 e. The second-order valence-electron chi connectivity index (χ2n) is 6.65. The van der Waals surface area contributed by atoms with Gasteiger partial charge in [0, 0.05) is 12.1 Å². The van der Waals surface area contributed by atoms with Crippen molar-refractivity contribution in [2.24, 2.45) is 5.92 Å². The van der Waals surface area contributed by atoms with Crippen LogP contribution in [0.4, 0.5) is 5.69 Å². The summed E-state index contributed by atoms with van der Waals surface area (Å²) in [6.07, 6.45) is 0. The lowest BCUT2D eigenvalue weighted by Gasteiger charge is -2.22. The van der Waals surface area contributed by atoms with E-state index < -0.39 is 21.5 Å². The Morgan fingerprint density at radius 1 is 1.27 bits per heavy atom. The Morgan fingerprint density at radius 2 is 1.86 bits per heavy atom. The van der Waals surface area contributed by atoms with E-state index in [2.05, 4.69) is 10.0 Å². The van der Waals surface area contributed by atoms with Crippen molar-refractivity contribution in [2.75, 3.05) is 11.9 Å². The molecule has 6 nitrogen and oxygen atoms in total. The van der Waals surface area contributed by atoms with E-state index >= 15 is 0 Å². The second kappa shape index (κ2) is 6.66. The van der Waals surface area contributed by atoms with Gasteiger partial charge in [0.25, 0.3) is 0 Å². The van der Waals surface area contributed by atoms with Crippen LogP contribution in [0.3, 0.4) is 0 Å². The Balaban J connectivity index is 3.33. The van der Waals surface area contributed by atoms with Crippen LogP contribution in [0.1, 0.15) is 45.0 Å². The van der Waals surface area contributed by atoms with Crippen molar-refractivity contribution >= 4 is 21.7 Å². The lowest BCUT2D eigenvalue weighted by atomic mass is 10.1. The third-order valence-electron chi connectivity index (χ3n) is 2.66. The number of carboxylic acids is 1. The Bertz CT molecular complexity index is 646. The number of rotatable bonds is 6. The molecule has 0 amide bonds. The highest BCUT2D eigenvalue weighted by molar-refractivity contribution is 7.89. The molecule has 0 fully saturated rings. The maximum atomic E-state index is 12.5. The number of nitrogens with one attached hydrogen (secondary N) is 2. The molecular formula is C15H24N2O4S. The van der Waals surface area contributed by atoms with E-state index in [0.717, 1.165) is 0 Å². The minimum atomic E-state index is -3.83. The van der Waals surface area contributed by atoms with Crippen molar-refractivity contribution in [3.8, 4) is 0 Å². The Labute approximate surface area is 132 Å². The molecule has 0 atom stereocenters. The molecule has 1 rings (SSSR count). The first-order chi connectivity index (χ1) is 9.92. The number of anilines is 1. The van der Waals surface area contributed by atoms with Gasteiger partial charge in [0.15, 0.2) is 0 Å². The molecule has 0 bridgehead atoms. The normalized spacial score (nSPS) is 12.5. The SMILES string of the molecule is CC(C)CNc1ccc(C(=O)O)cc1S(=O)(=O)NC(C)(C)C. The number of sulfonamides is 1. The summed E-state index contributed by atoms with van der Waals surface area (Å²) in [4.78, 5) is 11.1. The highest BCUT2D eigenvalue weighted by atomic mass is 32.2. The number of aromatic carboxylic acids is 1. The predicted molar refractivity (Wildman–Crippen MR) is 86.8 cm³/mol. The lowest BCUT2D eigenvalue weighted by molar-refractivity contribution is 0.0696. The maximum Gasteiger partial charge on any atom is 0.335 e. The molecule has 0 saturated carbocycles. The summed E-state index contributed by atoms with van der Waals surface area (Å²) < 4.78 is 27.6. The van der Waals surface area contributed by atoms with Gasteiger partial charge in [0.05, 0.1) is 11.3 Å². The summed E-state index contributed by atoms with van der Waals surface area (Å²) >= 11 is 0. The minimum Gasteiger partial charge on any atom is -0.478 e. The van der Waals surface area contributed by atoms with Gasteiger partial charge < -0.3 is 10.4 Å². The van der Waals surface area contributed by atoms with Crippen LogP contribution < -0.4 is 10.0 Å². The first-order valence-corrected chi connectivity index (χ1v) is 8.56. The van der Waals surface area contributed by atoms with Gasteiger partial charge in [-0.25, -0.2) is 17.9 Å². The molecule has 0 unspecified atom stereocenters. The summed E-state index contributed by atoms with van der Waals surface area (Å²) in [6.45, 7) is 9.78. The van der Waals surface area contributed by atoms with Crippen LogP contribution in [0.25, 0.3) is 0 Å². The van der Waals surface area contributed by atoms with Gasteiger partial charge in [-0.05, 0) is 44.9 Å². The number of hydrogen-bond donors (Lipinski definition) is 3. The van der Waals surface area contributed by atoms with Crippen LogP contribution in [0, 0.1) is 5.92 Å². The molecule has 7 heteroatoms. The van der Waals surface area contributed by atoms with Crippen molar-refractivity contribution in [1.29, 1.82) is 0 Å². The summed E-state index contributed by atoms with van der Waals surface area (Å²) in [5.74, 6) is -0.840. The van der Waals surface area contributed by atoms with E-state index in [9.17, 15) is 13.2 Å². The van der Waals surface area contributed by atoms with Crippen LogP contribution in [0.15, 0.2) is 23.1 Å². The van der Waals surface area contributed by atoms with Gasteiger partial charge in [0.2, 0.25) is 10.0 Å². The van der Waals surface area contributed by atoms with Crippen molar-refractivity contribution < 1.29 is 18.3 Å². The highest BCUT2D eigenvalue weighted by Crippen LogP contribution is 2.24. The molecule has 0 heterocycles. The standard InChI is InChI=1S/C15H24N2O4S/c1-10(2)9-16-12-7-6-11(14(18)19)8-13(12)22(20,21)17-15(3,4)5/h6-8,10,16-17H,9H2,1-5H3,(H,18,19). The zero-order valence-corrected chi connectivity index (χ0v) is 14.4. The van der Waals surface area contributed by atoms with Crippen LogP contribution in [0.2, 0.25) is 0 Å². The molecule has 0 spiro atoms.